The van der Waals surface area contributed by atoms with Crippen LogP contribution in [0.15, 0.2) is 12.4 Å². The predicted molar refractivity (Wildman–Crippen MR) is 81.2 cm³/mol. The Balaban J connectivity index is 1.84. The number of aryl methyl sites for hydroxylation is 1. The molecule has 0 aliphatic carbocycles. The number of carbonyl (C=O) groups is 1. The normalized spacial score (nSPS) is 19.0. The van der Waals surface area contributed by atoms with Crippen molar-refractivity contribution in [2.24, 2.45) is 5.92 Å². The Kier molecular flexibility index (Phi) is 5.22. The molecule has 1 fully saturated rings. The first kappa shape index (κ1) is 15.8. The Labute approximate surface area is 127 Å². The minimum atomic E-state index is -0.486. The van der Waals surface area contributed by atoms with Crippen molar-refractivity contribution in [2.75, 3.05) is 18.8 Å². The third-order valence-electron chi connectivity index (χ3n) is 3.57. The fraction of sp³-hybridized carbons (Fsp3) is 0.692. The first-order valence-corrected chi connectivity index (χ1v) is 8.08. The molecule has 1 amide bonds. The van der Waals surface area contributed by atoms with E-state index < -0.39 is 4.92 Å². The molecule has 0 radical (unpaired) electrons. The second-order valence-corrected chi connectivity index (χ2v) is 6.81. The number of aromatic nitrogens is 2. The number of nitro groups is 1. The van der Waals surface area contributed by atoms with E-state index >= 15 is 0 Å². The molecule has 0 bridgehead atoms. The summed E-state index contributed by atoms with van der Waals surface area (Å²) in [5.41, 5.74) is -0.0447. The molecule has 0 saturated carbocycles. The molecule has 1 aliphatic heterocycles. The molecule has 0 unspecified atom stereocenters. The maximum absolute atomic E-state index is 12.2. The van der Waals surface area contributed by atoms with Gasteiger partial charge in [0.15, 0.2) is 0 Å². The number of amides is 1. The second-order valence-electron chi connectivity index (χ2n) is 5.46. The maximum Gasteiger partial charge on any atom is 0.306 e. The summed E-state index contributed by atoms with van der Waals surface area (Å²) in [6.07, 6.45) is 2.89. The maximum atomic E-state index is 12.2. The Morgan fingerprint density at radius 3 is 3.00 bits per heavy atom. The summed E-state index contributed by atoms with van der Waals surface area (Å²) in [6, 6.07) is 0. The van der Waals surface area contributed by atoms with E-state index in [2.05, 4.69) is 18.9 Å². The topological polar surface area (TPSA) is 81.3 Å². The van der Waals surface area contributed by atoms with Gasteiger partial charge in [0.25, 0.3) is 0 Å². The molecule has 7 nitrogen and oxygen atoms in total. The predicted octanol–water partition coefficient (Wildman–Crippen LogP) is 1.78. The first-order valence-electron chi connectivity index (χ1n) is 7.03. The molecule has 2 rings (SSSR count). The van der Waals surface area contributed by atoms with E-state index in [1.165, 1.54) is 17.1 Å². The van der Waals surface area contributed by atoms with Crippen LogP contribution in [0, 0.1) is 16.0 Å². The van der Waals surface area contributed by atoms with Gasteiger partial charge in [0.1, 0.15) is 12.4 Å². The van der Waals surface area contributed by atoms with Crippen LogP contribution in [-0.2, 0) is 11.3 Å². The Morgan fingerprint density at radius 2 is 2.38 bits per heavy atom. The van der Waals surface area contributed by atoms with Crippen molar-refractivity contribution in [2.45, 2.75) is 32.1 Å². The Hall–Kier alpha value is -1.57. The van der Waals surface area contributed by atoms with Crippen LogP contribution in [0.5, 0.6) is 0 Å². The van der Waals surface area contributed by atoms with E-state index in [1.807, 2.05) is 16.7 Å². The van der Waals surface area contributed by atoms with E-state index in [4.69, 9.17) is 0 Å². The van der Waals surface area contributed by atoms with Crippen molar-refractivity contribution >= 4 is 23.4 Å². The highest BCUT2D eigenvalue weighted by Crippen LogP contribution is 2.25. The highest BCUT2D eigenvalue weighted by Gasteiger charge is 2.25. The van der Waals surface area contributed by atoms with Gasteiger partial charge in [-0.2, -0.15) is 16.9 Å². The van der Waals surface area contributed by atoms with Crippen LogP contribution in [0.25, 0.3) is 0 Å². The van der Waals surface area contributed by atoms with Crippen molar-refractivity contribution in [3.8, 4) is 0 Å². The quantitative estimate of drug-likeness (QED) is 0.611. The molecule has 0 spiro atoms. The van der Waals surface area contributed by atoms with Crippen LogP contribution in [0.3, 0.4) is 0 Å². The van der Waals surface area contributed by atoms with Crippen LogP contribution < -0.4 is 0 Å². The lowest BCUT2D eigenvalue weighted by atomic mass is 10.1. The molecular formula is C13H20N4O3S. The second kappa shape index (κ2) is 6.93. The summed E-state index contributed by atoms with van der Waals surface area (Å²) < 4.78 is 1.45. The number of rotatable bonds is 5. The third kappa shape index (κ3) is 4.20. The molecule has 1 aliphatic rings. The van der Waals surface area contributed by atoms with E-state index in [0.29, 0.717) is 24.1 Å². The Bertz CT molecular complexity index is 517. The minimum absolute atomic E-state index is 0.0447. The van der Waals surface area contributed by atoms with Crippen molar-refractivity contribution < 1.29 is 9.72 Å². The van der Waals surface area contributed by atoms with Crippen LogP contribution in [0.1, 0.15) is 20.3 Å². The van der Waals surface area contributed by atoms with Crippen LogP contribution >= 0.6 is 11.8 Å². The summed E-state index contributed by atoms with van der Waals surface area (Å²) in [7, 11) is 0. The molecule has 1 aromatic heterocycles. The van der Waals surface area contributed by atoms with Gasteiger partial charge in [-0.05, 0) is 5.92 Å². The SMILES string of the molecule is CC(C)[C@@H]1CN(C(=O)CCn2cc([N+](=O)[O-])cn2)CCS1. The highest BCUT2D eigenvalue weighted by molar-refractivity contribution is 8.00. The molecule has 1 aromatic rings. The molecule has 1 atom stereocenters. The molecule has 21 heavy (non-hydrogen) atoms. The highest BCUT2D eigenvalue weighted by atomic mass is 32.2. The average molecular weight is 312 g/mol. The average Bonchev–Trinajstić information content (AvgIpc) is 2.94. The van der Waals surface area contributed by atoms with Gasteiger partial charge < -0.3 is 4.90 Å². The number of nitrogens with zero attached hydrogens (tertiary/aromatic N) is 4. The smallest absolute Gasteiger partial charge is 0.306 e. The van der Waals surface area contributed by atoms with Crippen molar-refractivity contribution in [3.05, 3.63) is 22.5 Å². The molecule has 1 saturated heterocycles. The molecule has 0 N–H and O–H groups in total. The first-order chi connectivity index (χ1) is 9.97. The van der Waals surface area contributed by atoms with E-state index in [1.54, 1.807) is 0 Å². The monoisotopic (exact) mass is 312 g/mol. The fourth-order valence-electron chi connectivity index (χ4n) is 2.24. The molecule has 8 heteroatoms. The van der Waals surface area contributed by atoms with E-state index in [0.717, 1.165) is 18.8 Å². The van der Waals surface area contributed by atoms with Gasteiger partial charge in [-0.3, -0.25) is 19.6 Å². The zero-order valence-electron chi connectivity index (χ0n) is 12.3. The standard InChI is InChI=1S/C13H20N4O3S/c1-10(2)12-9-15(5-6-21-12)13(18)3-4-16-8-11(7-14-16)17(19)20/h7-8,10,12H,3-6,9H2,1-2H3/t12-/m0/s1. The van der Waals surface area contributed by atoms with Crippen LogP contribution in [0.2, 0.25) is 0 Å². The lowest BCUT2D eigenvalue weighted by molar-refractivity contribution is -0.385. The van der Waals surface area contributed by atoms with Gasteiger partial charge in [0, 0.05) is 37.1 Å². The largest absolute Gasteiger partial charge is 0.341 e. The molecule has 2 heterocycles. The third-order valence-corrected chi connectivity index (χ3v) is 5.11. The number of hydrogen-bond donors (Lipinski definition) is 0. The van der Waals surface area contributed by atoms with Gasteiger partial charge in [0.05, 0.1) is 4.92 Å². The zero-order chi connectivity index (χ0) is 15.4. The van der Waals surface area contributed by atoms with Gasteiger partial charge >= 0.3 is 5.69 Å². The summed E-state index contributed by atoms with van der Waals surface area (Å²) in [5, 5.41) is 15.0. The van der Waals surface area contributed by atoms with Gasteiger partial charge in [-0.25, -0.2) is 0 Å². The van der Waals surface area contributed by atoms with Crippen molar-refractivity contribution in [3.63, 3.8) is 0 Å². The molecular weight excluding hydrogens is 292 g/mol. The van der Waals surface area contributed by atoms with Crippen molar-refractivity contribution in [1.29, 1.82) is 0 Å². The van der Waals surface area contributed by atoms with E-state index in [9.17, 15) is 14.9 Å². The van der Waals surface area contributed by atoms with Gasteiger partial charge in [-0.15, -0.1) is 0 Å². The number of thioether (sulfide) groups is 1. The van der Waals surface area contributed by atoms with Crippen molar-refractivity contribution in [1.82, 2.24) is 14.7 Å². The lowest BCUT2D eigenvalue weighted by Crippen LogP contribution is -2.43. The van der Waals surface area contributed by atoms with Gasteiger partial charge in [0.2, 0.25) is 5.91 Å². The van der Waals surface area contributed by atoms with Crippen LogP contribution in [0.4, 0.5) is 5.69 Å². The van der Waals surface area contributed by atoms with Gasteiger partial charge in [-0.1, -0.05) is 13.8 Å². The summed E-state index contributed by atoms with van der Waals surface area (Å²) in [4.78, 5) is 24.2. The summed E-state index contributed by atoms with van der Waals surface area (Å²) in [6.45, 7) is 6.30. The van der Waals surface area contributed by atoms with Crippen LogP contribution in [-0.4, -0.2) is 49.6 Å². The number of carbonyl (C=O) groups excluding carboxylic acids is 1. The fourth-order valence-corrected chi connectivity index (χ4v) is 3.54. The summed E-state index contributed by atoms with van der Waals surface area (Å²) in [5.74, 6) is 1.63. The lowest BCUT2D eigenvalue weighted by Gasteiger charge is -2.34. The molecule has 0 aromatic carbocycles. The Morgan fingerprint density at radius 1 is 1.62 bits per heavy atom. The molecule has 116 valence electrons. The minimum Gasteiger partial charge on any atom is -0.341 e. The number of hydrogen-bond acceptors (Lipinski definition) is 5. The zero-order valence-corrected chi connectivity index (χ0v) is 13.1. The summed E-state index contributed by atoms with van der Waals surface area (Å²) >= 11 is 1.93. The van der Waals surface area contributed by atoms with E-state index in [-0.39, 0.29) is 11.6 Å².